The summed E-state index contributed by atoms with van der Waals surface area (Å²) in [4.78, 5) is 47.4. The Morgan fingerprint density at radius 3 is 2.13 bits per heavy atom. The number of carboxylic acids is 1. The van der Waals surface area contributed by atoms with E-state index in [1.807, 2.05) is 0 Å². The Morgan fingerprint density at radius 1 is 1.03 bits per heavy atom. The number of hydrogen-bond acceptors (Lipinski definition) is 8. The first kappa shape index (κ1) is 24.8. The number of aliphatic hydroxyl groups excluding tert-OH is 2. The third-order valence-electron chi connectivity index (χ3n) is 4.07. The minimum Gasteiger partial charge on any atom is -0.508 e. The van der Waals surface area contributed by atoms with Crippen LogP contribution in [0, 0.1) is 0 Å². The fourth-order valence-corrected chi connectivity index (χ4v) is 2.28. The molecule has 0 aliphatic rings. The molecular weight excluding hydrogens is 400 g/mol. The Labute approximate surface area is 172 Å². The number of rotatable bonds is 11. The van der Waals surface area contributed by atoms with Crippen LogP contribution in [0.3, 0.4) is 0 Å². The molecule has 0 spiro atoms. The number of phenols is 1. The topological polar surface area (TPSA) is 211 Å². The number of phenolic OH excluding ortho intramolecular Hbond substituents is 1. The van der Waals surface area contributed by atoms with E-state index in [4.69, 9.17) is 15.9 Å². The number of benzene rings is 1. The summed E-state index contributed by atoms with van der Waals surface area (Å²) in [6.07, 6.45) is -1.19. The van der Waals surface area contributed by atoms with E-state index in [0.717, 1.165) is 0 Å². The second kappa shape index (κ2) is 11.7. The van der Waals surface area contributed by atoms with Crippen LogP contribution in [0.2, 0.25) is 0 Å². The molecular formula is C18H26N4O8. The largest absolute Gasteiger partial charge is 0.508 e. The molecule has 0 aliphatic carbocycles. The van der Waals surface area contributed by atoms with E-state index in [1.54, 1.807) is 0 Å². The lowest BCUT2D eigenvalue weighted by atomic mass is 10.0. The molecule has 4 atom stereocenters. The minimum absolute atomic E-state index is 0.00725. The van der Waals surface area contributed by atoms with Gasteiger partial charge in [0.25, 0.3) is 0 Å². The van der Waals surface area contributed by atoms with E-state index in [9.17, 15) is 29.4 Å². The lowest BCUT2D eigenvalue weighted by Crippen LogP contribution is -2.55. The molecule has 12 heteroatoms. The van der Waals surface area contributed by atoms with Crippen molar-refractivity contribution in [2.75, 3.05) is 13.2 Å². The molecule has 166 valence electrons. The third-order valence-corrected chi connectivity index (χ3v) is 4.07. The first-order valence-corrected chi connectivity index (χ1v) is 8.97. The average Bonchev–Trinajstić information content (AvgIpc) is 2.70. The number of aliphatic hydroxyl groups is 2. The van der Waals surface area contributed by atoms with E-state index < -0.39 is 61.1 Å². The number of amides is 3. The van der Waals surface area contributed by atoms with Crippen LogP contribution in [0.1, 0.15) is 12.5 Å². The van der Waals surface area contributed by atoms with Crippen LogP contribution < -0.4 is 21.7 Å². The summed E-state index contributed by atoms with van der Waals surface area (Å²) in [5.74, 6) is -3.88. The van der Waals surface area contributed by atoms with Crippen molar-refractivity contribution in [1.29, 1.82) is 0 Å². The minimum atomic E-state index is -1.57. The maximum absolute atomic E-state index is 12.5. The van der Waals surface area contributed by atoms with Gasteiger partial charge in [-0.1, -0.05) is 12.1 Å². The van der Waals surface area contributed by atoms with Crippen LogP contribution in [0.4, 0.5) is 0 Å². The van der Waals surface area contributed by atoms with Crippen molar-refractivity contribution >= 4 is 23.7 Å². The molecule has 0 aliphatic heterocycles. The number of aromatic hydroxyl groups is 1. The highest BCUT2D eigenvalue weighted by Crippen LogP contribution is 2.11. The van der Waals surface area contributed by atoms with Crippen LogP contribution in [0.15, 0.2) is 24.3 Å². The van der Waals surface area contributed by atoms with Crippen LogP contribution in [-0.4, -0.2) is 81.5 Å². The Balaban J connectivity index is 2.84. The van der Waals surface area contributed by atoms with Gasteiger partial charge in [0.2, 0.25) is 17.7 Å². The molecule has 0 fully saturated rings. The normalized spacial score (nSPS) is 14.7. The molecule has 12 nitrogen and oxygen atoms in total. The van der Waals surface area contributed by atoms with E-state index in [0.29, 0.717) is 5.56 Å². The second-order valence-corrected chi connectivity index (χ2v) is 6.56. The third kappa shape index (κ3) is 8.03. The molecule has 0 radical (unpaired) electrons. The zero-order valence-electron chi connectivity index (χ0n) is 16.2. The summed E-state index contributed by atoms with van der Waals surface area (Å²) in [6.45, 7) is -0.0857. The summed E-state index contributed by atoms with van der Waals surface area (Å²) in [7, 11) is 0. The molecule has 0 bridgehead atoms. The van der Waals surface area contributed by atoms with Crippen molar-refractivity contribution in [1.82, 2.24) is 16.0 Å². The monoisotopic (exact) mass is 426 g/mol. The molecule has 30 heavy (non-hydrogen) atoms. The van der Waals surface area contributed by atoms with Crippen molar-refractivity contribution in [3.63, 3.8) is 0 Å². The number of carbonyl (C=O) groups is 4. The van der Waals surface area contributed by atoms with E-state index in [-0.39, 0.29) is 12.2 Å². The standard InChI is InChI=1S/C18H26N4O8/c1-9(24)15(19)17(28)20-7-14(26)21-12(6-10-2-4-11(25)5-3-10)16(27)22-13(8-23)18(29)30/h2-5,9,12-13,15,23-25H,6-8,19H2,1H3,(H,20,28)(H,21,26)(H,22,27)(H,29,30). The molecule has 0 aromatic heterocycles. The van der Waals surface area contributed by atoms with Gasteiger partial charge >= 0.3 is 5.97 Å². The highest BCUT2D eigenvalue weighted by atomic mass is 16.4. The van der Waals surface area contributed by atoms with Crippen molar-refractivity contribution in [2.24, 2.45) is 5.73 Å². The number of nitrogens with one attached hydrogen (secondary N) is 3. The Morgan fingerprint density at radius 2 is 1.63 bits per heavy atom. The van der Waals surface area contributed by atoms with Gasteiger partial charge in [0, 0.05) is 6.42 Å². The second-order valence-electron chi connectivity index (χ2n) is 6.56. The fraction of sp³-hybridized carbons (Fsp3) is 0.444. The molecule has 1 aromatic rings. The van der Waals surface area contributed by atoms with Crippen LogP contribution >= 0.6 is 0 Å². The van der Waals surface area contributed by atoms with Crippen LogP contribution in [0.5, 0.6) is 5.75 Å². The SMILES string of the molecule is CC(O)C(N)C(=O)NCC(=O)NC(Cc1ccc(O)cc1)C(=O)NC(CO)C(=O)O. The van der Waals surface area contributed by atoms with Gasteiger partial charge in [-0.15, -0.1) is 0 Å². The molecule has 0 saturated carbocycles. The smallest absolute Gasteiger partial charge is 0.328 e. The quantitative estimate of drug-likeness (QED) is 0.179. The van der Waals surface area contributed by atoms with Crippen molar-refractivity contribution < 1.29 is 39.6 Å². The highest BCUT2D eigenvalue weighted by molar-refractivity contribution is 5.92. The predicted octanol–water partition coefficient (Wildman–Crippen LogP) is -3.19. The van der Waals surface area contributed by atoms with Gasteiger partial charge in [-0.05, 0) is 24.6 Å². The Hall–Kier alpha value is -3.22. The molecule has 1 rings (SSSR count). The zero-order valence-corrected chi connectivity index (χ0v) is 16.2. The van der Waals surface area contributed by atoms with Gasteiger partial charge in [-0.2, -0.15) is 0 Å². The molecule has 0 saturated heterocycles. The first-order chi connectivity index (χ1) is 14.0. The lowest BCUT2D eigenvalue weighted by molar-refractivity contribution is -0.143. The lowest BCUT2D eigenvalue weighted by Gasteiger charge is -2.21. The van der Waals surface area contributed by atoms with Gasteiger partial charge in [-0.25, -0.2) is 4.79 Å². The van der Waals surface area contributed by atoms with Crippen LogP contribution in [0.25, 0.3) is 0 Å². The van der Waals surface area contributed by atoms with Crippen molar-refractivity contribution in [3.8, 4) is 5.75 Å². The molecule has 3 amide bonds. The van der Waals surface area contributed by atoms with E-state index in [2.05, 4.69) is 16.0 Å². The summed E-state index contributed by atoms with van der Waals surface area (Å²) in [5.41, 5.74) is 6.00. The Bertz CT molecular complexity index is 753. The van der Waals surface area contributed by atoms with E-state index in [1.165, 1.54) is 31.2 Å². The number of hydrogen-bond donors (Lipinski definition) is 8. The van der Waals surface area contributed by atoms with E-state index >= 15 is 0 Å². The van der Waals surface area contributed by atoms with Gasteiger partial charge in [0.05, 0.1) is 19.3 Å². The zero-order chi connectivity index (χ0) is 22.8. The van der Waals surface area contributed by atoms with Crippen molar-refractivity contribution in [3.05, 3.63) is 29.8 Å². The summed E-state index contributed by atoms with van der Waals surface area (Å²) < 4.78 is 0. The molecule has 1 aromatic carbocycles. The highest BCUT2D eigenvalue weighted by Gasteiger charge is 2.27. The Kier molecular flexibility index (Phi) is 9.68. The average molecular weight is 426 g/mol. The van der Waals surface area contributed by atoms with Gasteiger partial charge in [0.15, 0.2) is 0 Å². The molecule has 9 N–H and O–H groups in total. The number of nitrogens with two attached hydrogens (primary N) is 1. The van der Waals surface area contributed by atoms with Gasteiger partial charge < -0.3 is 42.1 Å². The van der Waals surface area contributed by atoms with Crippen LogP contribution in [-0.2, 0) is 25.6 Å². The fourth-order valence-electron chi connectivity index (χ4n) is 2.28. The molecule has 0 heterocycles. The number of carboxylic acid groups (broad SMARTS) is 1. The molecule has 4 unspecified atom stereocenters. The number of aliphatic carboxylic acids is 1. The van der Waals surface area contributed by atoms with Gasteiger partial charge in [0.1, 0.15) is 23.9 Å². The number of carbonyl (C=O) groups excluding carboxylic acids is 3. The summed E-state index contributed by atoms with van der Waals surface area (Å²) >= 11 is 0. The summed E-state index contributed by atoms with van der Waals surface area (Å²) in [5, 5.41) is 43.4. The first-order valence-electron chi connectivity index (χ1n) is 8.97. The maximum atomic E-state index is 12.5. The van der Waals surface area contributed by atoms with Gasteiger partial charge in [-0.3, -0.25) is 14.4 Å². The maximum Gasteiger partial charge on any atom is 0.328 e. The summed E-state index contributed by atoms with van der Waals surface area (Å²) in [6, 6.07) is 1.71. The predicted molar refractivity (Wildman–Crippen MR) is 103 cm³/mol. The van der Waals surface area contributed by atoms with Crippen molar-refractivity contribution in [2.45, 2.75) is 37.6 Å².